The number of piperidine rings is 1. The third-order valence-corrected chi connectivity index (χ3v) is 5.56. The number of carbonyl (C=O) groups is 1. The van der Waals surface area contributed by atoms with Crippen LogP contribution < -0.4 is 4.74 Å². The lowest BCUT2D eigenvalue weighted by Crippen LogP contribution is -2.51. The van der Waals surface area contributed by atoms with Gasteiger partial charge in [0.2, 0.25) is 5.91 Å². The van der Waals surface area contributed by atoms with Gasteiger partial charge in [-0.05, 0) is 62.8 Å². The molecule has 0 unspecified atom stereocenters. The van der Waals surface area contributed by atoms with Gasteiger partial charge >= 0.3 is 0 Å². The minimum Gasteiger partial charge on any atom is -0.491 e. The molecule has 1 N–H and O–H groups in total. The lowest BCUT2D eigenvalue weighted by Gasteiger charge is -2.39. The Labute approximate surface area is 149 Å². The number of amides is 1. The first kappa shape index (κ1) is 18.2. The largest absolute Gasteiger partial charge is 0.491 e. The molecule has 138 valence electrons. The number of rotatable bonds is 4. The second-order valence-electron chi connectivity index (χ2n) is 7.47. The van der Waals surface area contributed by atoms with E-state index in [-0.39, 0.29) is 18.4 Å². The van der Waals surface area contributed by atoms with E-state index in [1.807, 2.05) is 23.1 Å². The molecule has 0 atom stereocenters. The van der Waals surface area contributed by atoms with Gasteiger partial charge in [-0.2, -0.15) is 0 Å². The molecule has 0 radical (unpaired) electrons. The molecule has 5 nitrogen and oxygen atoms in total. The summed E-state index contributed by atoms with van der Waals surface area (Å²) in [4.78, 5) is 14.5. The van der Waals surface area contributed by atoms with Crippen LogP contribution in [0.1, 0.15) is 36.8 Å². The van der Waals surface area contributed by atoms with Crippen molar-refractivity contribution in [1.29, 1.82) is 0 Å². The van der Waals surface area contributed by atoms with Gasteiger partial charge < -0.3 is 19.5 Å². The summed E-state index contributed by atoms with van der Waals surface area (Å²) in [7, 11) is 0. The fraction of sp³-hybridized carbons (Fsp3) is 0.650. The number of benzene rings is 1. The summed E-state index contributed by atoms with van der Waals surface area (Å²) >= 11 is 0. The van der Waals surface area contributed by atoms with Crippen LogP contribution in [0.25, 0.3) is 0 Å². The normalized spacial score (nSPS) is 21.2. The fourth-order valence-corrected chi connectivity index (χ4v) is 3.51. The molecule has 3 rings (SSSR count). The second-order valence-corrected chi connectivity index (χ2v) is 7.47. The van der Waals surface area contributed by atoms with Crippen molar-refractivity contribution < 1.29 is 19.4 Å². The van der Waals surface area contributed by atoms with E-state index in [9.17, 15) is 9.90 Å². The SMILES string of the molecule is Cc1ccc(OCC2(O)CCN(C(=O)C3CCOCC3)CC2)cc1C. The molecule has 1 amide bonds. The van der Waals surface area contributed by atoms with Crippen LogP contribution in [0.15, 0.2) is 18.2 Å². The Kier molecular flexibility index (Phi) is 5.64. The number of hydrogen-bond donors (Lipinski definition) is 1. The predicted octanol–water partition coefficient (Wildman–Crippen LogP) is 2.46. The minimum atomic E-state index is -0.856. The molecule has 1 aromatic rings. The highest BCUT2D eigenvalue weighted by atomic mass is 16.5. The standard InChI is InChI=1S/C20H29NO4/c1-15-3-4-18(13-16(15)2)25-14-20(23)7-9-21(10-8-20)19(22)17-5-11-24-12-6-17/h3-4,13,17,23H,5-12,14H2,1-2H3. The lowest BCUT2D eigenvalue weighted by molar-refractivity contribution is -0.143. The van der Waals surface area contributed by atoms with Gasteiger partial charge in [-0.3, -0.25) is 4.79 Å². The summed E-state index contributed by atoms with van der Waals surface area (Å²) in [5, 5.41) is 10.8. The van der Waals surface area contributed by atoms with E-state index in [1.165, 1.54) is 11.1 Å². The number of hydrogen-bond acceptors (Lipinski definition) is 4. The van der Waals surface area contributed by atoms with Gasteiger partial charge in [0.1, 0.15) is 18.0 Å². The van der Waals surface area contributed by atoms with Gasteiger partial charge in [-0.25, -0.2) is 0 Å². The number of carbonyl (C=O) groups excluding carboxylic acids is 1. The van der Waals surface area contributed by atoms with E-state index < -0.39 is 5.60 Å². The number of aliphatic hydroxyl groups is 1. The van der Waals surface area contributed by atoms with E-state index in [1.54, 1.807) is 0 Å². The minimum absolute atomic E-state index is 0.0896. The smallest absolute Gasteiger partial charge is 0.225 e. The van der Waals surface area contributed by atoms with Crippen LogP contribution in [0.4, 0.5) is 0 Å². The van der Waals surface area contributed by atoms with Crippen molar-refractivity contribution in [2.75, 3.05) is 32.9 Å². The van der Waals surface area contributed by atoms with Crippen LogP contribution in [0.3, 0.4) is 0 Å². The van der Waals surface area contributed by atoms with Crippen LogP contribution in [0, 0.1) is 19.8 Å². The zero-order valence-electron chi connectivity index (χ0n) is 15.3. The Balaban J connectivity index is 1.49. The quantitative estimate of drug-likeness (QED) is 0.909. The monoisotopic (exact) mass is 347 g/mol. The summed E-state index contributed by atoms with van der Waals surface area (Å²) in [6.07, 6.45) is 2.75. The molecule has 0 bridgehead atoms. The van der Waals surface area contributed by atoms with E-state index in [2.05, 4.69) is 13.8 Å². The van der Waals surface area contributed by atoms with Crippen molar-refractivity contribution in [2.45, 2.75) is 45.1 Å². The average Bonchev–Trinajstić information content (AvgIpc) is 2.64. The molecule has 0 spiro atoms. The van der Waals surface area contributed by atoms with E-state index in [4.69, 9.17) is 9.47 Å². The van der Waals surface area contributed by atoms with Crippen molar-refractivity contribution in [1.82, 2.24) is 4.90 Å². The first-order valence-corrected chi connectivity index (χ1v) is 9.26. The number of likely N-dealkylation sites (tertiary alicyclic amines) is 1. The maximum absolute atomic E-state index is 12.6. The van der Waals surface area contributed by atoms with Gasteiger partial charge in [0.15, 0.2) is 0 Å². The van der Waals surface area contributed by atoms with Crippen LogP contribution in [-0.2, 0) is 9.53 Å². The van der Waals surface area contributed by atoms with Gasteiger partial charge in [0, 0.05) is 32.2 Å². The molecule has 2 aliphatic heterocycles. The molecule has 2 saturated heterocycles. The zero-order chi connectivity index (χ0) is 17.9. The molecule has 0 saturated carbocycles. The van der Waals surface area contributed by atoms with Gasteiger partial charge in [0.25, 0.3) is 0 Å². The molecule has 0 aliphatic carbocycles. The van der Waals surface area contributed by atoms with Crippen LogP contribution in [0.2, 0.25) is 0 Å². The topological polar surface area (TPSA) is 59.0 Å². The van der Waals surface area contributed by atoms with Crippen molar-refractivity contribution in [2.24, 2.45) is 5.92 Å². The van der Waals surface area contributed by atoms with E-state index in [0.717, 1.165) is 18.6 Å². The molecular weight excluding hydrogens is 318 g/mol. The Morgan fingerprint density at radius 2 is 1.92 bits per heavy atom. The first-order valence-electron chi connectivity index (χ1n) is 9.26. The Morgan fingerprint density at radius 3 is 2.56 bits per heavy atom. The van der Waals surface area contributed by atoms with Gasteiger partial charge in [0.05, 0.1) is 0 Å². The van der Waals surface area contributed by atoms with Crippen molar-refractivity contribution in [3.05, 3.63) is 29.3 Å². The third-order valence-electron chi connectivity index (χ3n) is 5.56. The highest BCUT2D eigenvalue weighted by Crippen LogP contribution is 2.27. The van der Waals surface area contributed by atoms with Gasteiger partial charge in [-0.15, -0.1) is 0 Å². The van der Waals surface area contributed by atoms with Crippen LogP contribution in [0.5, 0.6) is 5.75 Å². The lowest BCUT2D eigenvalue weighted by atomic mass is 9.90. The summed E-state index contributed by atoms with van der Waals surface area (Å²) in [6, 6.07) is 5.97. The van der Waals surface area contributed by atoms with Crippen molar-refractivity contribution in [3.63, 3.8) is 0 Å². The van der Waals surface area contributed by atoms with Gasteiger partial charge in [-0.1, -0.05) is 6.07 Å². The molecule has 25 heavy (non-hydrogen) atoms. The summed E-state index contributed by atoms with van der Waals surface area (Å²) in [6.45, 7) is 6.95. The van der Waals surface area contributed by atoms with Crippen molar-refractivity contribution >= 4 is 5.91 Å². The zero-order valence-corrected chi connectivity index (χ0v) is 15.3. The Bertz CT molecular complexity index is 602. The Hall–Kier alpha value is -1.59. The molecular formula is C20H29NO4. The molecule has 2 fully saturated rings. The molecule has 1 aromatic carbocycles. The van der Waals surface area contributed by atoms with Crippen molar-refractivity contribution in [3.8, 4) is 5.75 Å². The maximum Gasteiger partial charge on any atom is 0.225 e. The fourth-order valence-electron chi connectivity index (χ4n) is 3.51. The van der Waals surface area contributed by atoms with E-state index >= 15 is 0 Å². The molecule has 5 heteroatoms. The molecule has 2 heterocycles. The third kappa shape index (κ3) is 4.53. The van der Waals surface area contributed by atoms with Crippen LogP contribution in [-0.4, -0.2) is 54.4 Å². The summed E-state index contributed by atoms with van der Waals surface area (Å²) in [5.41, 5.74) is 1.55. The predicted molar refractivity (Wildman–Crippen MR) is 95.7 cm³/mol. The first-order chi connectivity index (χ1) is 12.0. The highest BCUT2D eigenvalue weighted by Gasteiger charge is 2.36. The summed E-state index contributed by atoms with van der Waals surface area (Å²) < 4.78 is 11.2. The highest BCUT2D eigenvalue weighted by molar-refractivity contribution is 5.79. The number of nitrogens with zero attached hydrogens (tertiary/aromatic N) is 1. The number of aryl methyl sites for hydroxylation is 2. The number of ether oxygens (including phenoxy) is 2. The van der Waals surface area contributed by atoms with Crippen LogP contribution >= 0.6 is 0 Å². The summed E-state index contributed by atoms with van der Waals surface area (Å²) in [5.74, 6) is 1.10. The Morgan fingerprint density at radius 1 is 1.24 bits per heavy atom. The van der Waals surface area contributed by atoms with E-state index in [0.29, 0.717) is 39.1 Å². The molecule has 0 aromatic heterocycles. The maximum atomic E-state index is 12.6. The average molecular weight is 347 g/mol. The second kappa shape index (κ2) is 7.75. The molecule has 2 aliphatic rings.